The summed E-state index contributed by atoms with van der Waals surface area (Å²) >= 11 is 0. The third-order valence-corrected chi connectivity index (χ3v) is 3.59. The van der Waals surface area contributed by atoms with Crippen LogP contribution in [0, 0.1) is 0 Å². The molecule has 18 heavy (non-hydrogen) atoms. The van der Waals surface area contributed by atoms with Crippen molar-refractivity contribution in [3.63, 3.8) is 0 Å². The highest BCUT2D eigenvalue weighted by molar-refractivity contribution is 5.72. The van der Waals surface area contributed by atoms with Crippen LogP contribution in [0.5, 0.6) is 0 Å². The van der Waals surface area contributed by atoms with Gasteiger partial charge in [0.05, 0.1) is 11.1 Å². The van der Waals surface area contributed by atoms with Gasteiger partial charge in [-0.1, -0.05) is 6.07 Å². The van der Waals surface area contributed by atoms with E-state index < -0.39 is 17.5 Å². The second kappa shape index (κ2) is 3.96. The van der Waals surface area contributed by atoms with Crippen molar-refractivity contribution in [3.05, 3.63) is 34.3 Å². The van der Waals surface area contributed by atoms with Gasteiger partial charge in [-0.15, -0.1) is 0 Å². The number of aromatic amines is 1. The normalized spacial score (nSPS) is 25.7. The molecule has 0 aliphatic carbocycles. The summed E-state index contributed by atoms with van der Waals surface area (Å²) in [6, 6.07) is 5.20. The molecule has 1 saturated heterocycles. The molecule has 0 saturated carbocycles. The SMILES string of the molecule is CC1(C(O)c2ccc3[nH]c(=O)oc3c2)CCCO1. The first-order valence-electron chi connectivity index (χ1n) is 6.03. The molecule has 2 unspecified atom stereocenters. The average Bonchev–Trinajstić information content (AvgIpc) is 2.93. The molecule has 0 bridgehead atoms. The summed E-state index contributed by atoms with van der Waals surface area (Å²) in [4.78, 5) is 13.6. The molecule has 1 fully saturated rings. The van der Waals surface area contributed by atoms with Crippen LogP contribution in [0.25, 0.3) is 11.1 Å². The van der Waals surface area contributed by atoms with Gasteiger partial charge in [0.2, 0.25) is 0 Å². The summed E-state index contributed by atoms with van der Waals surface area (Å²) in [5, 5.41) is 10.4. The van der Waals surface area contributed by atoms with Crippen LogP contribution in [0.1, 0.15) is 31.4 Å². The average molecular weight is 249 g/mol. The van der Waals surface area contributed by atoms with Crippen molar-refractivity contribution in [1.29, 1.82) is 0 Å². The number of oxazole rings is 1. The van der Waals surface area contributed by atoms with Crippen molar-refractivity contribution in [1.82, 2.24) is 4.98 Å². The fourth-order valence-corrected chi connectivity index (χ4v) is 2.50. The fraction of sp³-hybridized carbons (Fsp3) is 0.462. The van der Waals surface area contributed by atoms with E-state index in [9.17, 15) is 9.90 Å². The number of benzene rings is 1. The summed E-state index contributed by atoms with van der Waals surface area (Å²) in [5.41, 5.74) is 1.24. The van der Waals surface area contributed by atoms with Crippen molar-refractivity contribution in [2.75, 3.05) is 6.61 Å². The second-order valence-corrected chi connectivity index (χ2v) is 4.94. The lowest BCUT2D eigenvalue weighted by atomic mass is 9.90. The Hall–Kier alpha value is -1.59. The maximum Gasteiger partial charge on any atom is 0.417 e. The molecule has 1 aromatic heterocycles. The van der Waals surface area contributed by atoms with E-state index in [0.717, 1.165) is 12.8 Å². The van der Waals surface area contributed by atoms with E-state index in [1.165, 1.54) is 0 Å². The van der Waals surface area contributed by atoms with Gasteiger partial charge in [-0.25, -0.2) is 4.79 Å². The topological polar surface area (TPSA) is 75.5 Å². The number of aliphatic hydroxyl groups is 1. The maximum absolute atomic E-state index is 11.1. The minimum absolute atomic E-state index is 0.457. The molecule has 0 radical (unpaired) electrons. The number of aromatic nitrogens is 1. The number of hydrogen-bond donors (Lipinski definition) is 2. The van der Waals surface area contributed by atoms with Crippen LogP contribution in [-0.2, 0) is 4.74 Å². The highest BCUT2D eigenvalue weighted by Crippen LogP contribution is 2.37. The Morgan fingerprint density at radius 1 is 1.50 bits per heavy atom. The molecule has 5 nitrogen and oxygen atoms in total. The number of hydrogen-bond acceptors (Lipinski definition) is 4. The van der Waals surface area contributed by atoms with Gasteiger partial charge in [0.1, 0.15) is 6.10 Å². The summed E-state index contributed by atoms with van der Waals surface area (Å²) in [6.45, 7) is 2.58. The number of aliphatic hydroxyl groups excluding tert-OH is 1. The van der Waals surface area contributed by atoms with Crippen LogP contribution >= 0.6 is 0 Å². The molecule has 2 heterocycles. The lowest BCUT2D eigenvalue weighted by molar-refractivity contribution is -0.0795. The van der Waals surface area contributed by atoms with Gasteiger partial charge < -0.3 is 14.3 Å². The van der Waals surface area contributed by atoms with E-state index in [0.29, 0.717) is 23.3 Å². The van der Waals surface area contributed by atoms with Crippen molar-refractivity contribution < 1.29 is 14.3 Å². The highest BCUT2D eigenvalue weighted by Gasteiger charge is 2.38. The predicted molar refractivity (Wildman–Crippen MR) is 65.4 cm³/mol. The highest BCUT2D eigenvalue weighted by atomic mass is 16.5. The van der Waals surface area contributed by atoms with E-state index in [2.05, 4.69) is 4.98 Å². The first kappa shape index (κ1) is 11.5. The van der Waals surface area contributed by atoms with Gasteiger partial charge in [0.25, 0.3) is 0 Å². The molecule has 1 aliphatic rings. The maximum atomic E-state index is 11.1. The Morgan fingerprint density at radius 2 is 2.33 bits per heavy atom. The lowest BCUT2D eigenvalue weighted by Crippen LogP contribution is -2.31. The van der Waals surface area contributed by atoms with E-state index in [1.807, 2.05) is 6.92 Å². The van der Waals surface area contributed by atoms with Crippen LogP contribution in [0.15, 0.2) is 27.4 Å². The molecule has 2 aromatic rings. The zero-order chi connectivity index (χ0) is 12.8. The Morgan fingerprint density at radius 3 is 3.06 bits per heavy atom. The fourth-order valence-electron chi connectivity index (χ4n) is 2.50. The van der Waals surface area contributed by atoms with Gasteiger partial charge in [-0.3, -0.25) is 4.98 Å². The van der Waals surface area contributed by atoms with E-state index in [4.69, 9.17) is 9.15 Å². The van der Waals surface area contributed by atoms with E-state index in [1.54, 1.807) is 18.2 Å². The van der Waals surface area contributed by atoms with Crippen LogP contribution in [-0.4, -0.2) is 22.3 Å². The number of ether oxygens (including phenoxy) is 1. The van der Waals surface area contributed by atoms with Gasteiger partial charge in [-0.2, -0.15) is 0 Å². The summed E-state index contributed by atoms with van der Waals surface area (Å²) in [5.74, 6) is -0.486. The smallest absolute Gasteiger partial charge is 0.408 e. The first-order valence-corrected chi connectivity index (χ1v) is 6.03. The van der Waals surface area contributed by atoms with E-state index >= 15 is 0 Å². The van der Waals surface area contributed by atoms with Crippen molar-refractivity contribution in [2.24, 2.45) is 0 Å². The molecule has 5 heteroatoms. The standard InChI is InChI=1S/C13H15NO4/c1-13(5-2-6-17-13)11(15)8-3-4-9-10(7-8)18-12(16)14-9/h3-4,7,11,15H,2,5-6H2,1H3,(H,14,16). The Balaban J connectivity index is 2.00. The minimum atomic E-state index is -0.718. The Kier molecular flexibility index (Phi) is 2.53. The molecular formula is C13H15NO4. The molecule has 96 valence electrons. The third-order valence-electron chi connectivity index (χ3n) is 3.59. The number of H-pyrrole nitrogens is 1. The quantitative estimate of drug-likeness (QED) is 0.849. The Bertz CT molecular complexity index is 621. The van der Waals surface area contributed by atoms with Gasteiger partial charge in [0, 0.05) is 6.61 Å². The number of rotatable bonds is 2. The van der Waals surface area contributed by atoms with Crippen LogP contribution in [0.3, 0.4) is 0 Å². The summed E-state index contributed by atoms with van der Waals surface area (Å²) in [6.07, 6.45) is 1.06. The van der Waals surface area contributed by atoms with Crippen LogP contribution in [0.4, 0.5) is 0 Å². The van der Waals surface area contributed by atoms with Crippen LogP contribution < -0.4 is 5.76 Å². The predicted octanol–water partition coefficient (Wildman–Crippen LogP) is 1.72. The zero-order valence-electron chi connectivity index (χ0n) is 10.1. The van der Waals surface area contributed by atoms with Crippen molar-refractivity contribution in [2.45, 2.75) is 31.5 Å². The molecule has 2 atom stereocenters. The number of fused-ring (bicyclic) bond motifs is 1. The first-order chi connectivity index (χ1) is 8.58. The molecule has 3 rings (SSSR count). The molecule has 1 aromatic carbocycles. The Labute approximate surface area is 103 Å². The van der Waals surface area contributed by atoms with Gasteiger partial charge in [-0.05, 0) is 37.5 Å². The molecule has 1 aliphatic heterocycles. The molecule has 0 amide bonds. The van der Waals surface area contributed by atoms with Gasteiger partial charge >= 0.3 is 5.76 Å². The summed E-state index contributed by atoms with van der Waals surface area (Å²) < 4.78 is 10.6. The molecule has 2 N–H and O–H groups in total. The largest absolute Gasteiger partial charge is 0.417 e. The second-order valence-electron chi connectivity index (χ2n) is 4.94. The monoisotopic (exact) mass is 249 g/mol. The summed E-state index contributed by atoms with van der Waals surface area (Å²) in [7, 11) is 0. The van der Waals surface area contributed by atoms with Gasteiger partial charge in [0.15, 0.2) is 5.58 Å². The zero-order valence-corrected chi connectivity index (χ0v) is 10.1. The minimum Gasteiger partial charge on any atom is -0.408 e. The molecular weight excluding hydrogens is 234 g/mol. The van der Waals surface area contributed by atoms with Crippen molar-refractivity contribution in [3.8, 4) is 0 Å². The van der Waals surface area contributed by atoms with Crippen molar-refractivity contribution >= 4 is 11.1 Å². The van der Waals surface area contributed by atoms with Crippen LogP contribution in [0.2, 0.25) is 0 Å². The number of nitrogens with one attached hydrogen (secondary N) is 1. The lowest BCUT2D eigenvalue weighted by Gasteiger charge is -2.29. The molecule has 0 spiro atoms. The van der Waals surface area contributed by atoms with E-state index in [-0.39, 0.29) is 0 Å². The third kappa shape index (κ3) is 1.76.